The van der Waals surface area contributed by atoms with E-state index in [1.807, 2.05) is 13.8 Å². The molecule has 0 saturated carbocycles. The summed E-state index contributed by atoms with van der Waals surface area (Å²) in [4.78, 5) is 4.20. The molecule has 20 heavy (non-hydrogen) atoms. The van der Waals surface area contributed by atoms with E-state index in [1.54, 1.807) is 24.3 Å². The summed E-state index contributed by atoms with van der Waals surface area (Å²) in [6, 6.07) is 8.18. The second-order valence-electron chi connectivity index (χ2n) is 4.51. The van der Waals surface area contributed by atoms with Crippen LogP contribution < -0.4 is 10.5 Å². The summed E-state index contributed by atoms with van der Waals surface area (Å²) in [7, 11) is -3.64. The van der Waals surface area contributed by atoms with Crippen molar-refractivity contribution >= 4 is 21.4 Å². The summed E-state index contributed by atoms with van der Waals surface area (Å²) >= 11 is 0. The quantitative estimate of drug-likeness (QED) is 0.847. The third-order valence-electron chi connectivity index (χ3n) is 2.97. The number of hydrogen-bond acceptors (Lipinski definition) is 4. The van der Waals surface area contributed by atoms with Crippen molar-refractivity contribution in [2.75, 3.05) is 10.5 Å². The third-order valence-corrected chi connectivity index (χ3v) is 4.35. The molecule has 0 bridgehead atoms. The molecule has 0 amide bonds. The molecule has 0 aliphatic rings. The summed E-state index contributed by atoms with van der Waals surface area (Å²) in [5.41, 5.74) is 8.50. The van der Waals surface area contributed by atoms with Crippen molar-refractivity contribution in [3.63, 3.8) is 0 Å². The number of pyridine rings is 1. The van der Waals surface area contributed by atoms with E-state index in [2.05, 4.69) is 9.71 Å². The predicted octanol–water partition coefficient (Wildman–Crippen LogP) is 2.34. The molecule has 2 aromatic rings. The van der Waals surface area contributed by atoms with Crippen LogP contribution in [-0.4, -0.2) is 13.4 Å². The molecule has 106 valence electrons. The van der Waals surface area contributed by atoms with Gasteiger partial charge < -0.3 is 5.73 Å². The molecule has 0 spiro atoms. The van der Waals surface area contributed by atoms with Gasteiger partial charge in [0.25, 0.3) is 10.0 Å². The van der Waals surface area contributed by atoms with Gasteiger partial charge in [0.1, 0.15) is 0 Å². The summed E-state index contributed by atoms with van der Waals surface area (Å²) in [6.45, 7) is 3.80. The molecule has 1 heterocycles. The van der Waals surface area contributed by atoms with Crippen molar-refractivity contribution in [2.24, 2.45) is 0 Å². The average Bonchev–Trinajstić information content (AvgIpc) is 2.41. The first kappa shape index (κ1) is 14.3. The molecule has 0 unspecified atom stereocenters. The van der Waals surface area contributed by atoms with E-state index in [0.29, 0.717) is 11.4 Å². The normalized spacial score (nSPS) is 11.3. The van der Waals surface area contributed by atoms with Gasteiger partial charge in [-0.05, 0) is 43.2 Å². The number of nitrogens with zero attached hydrogens (tertiary/aromatic N) is 1. The van der Waals surface area contributed by atoms with E-state index in [-0.39, 0.29) is 4.90 Å². The molecular formula is C14H17N3O2S. The fourth-order valence-corrected chi connectivity index (χ4v) is 2.88. The summed E-state index contributed by atoms with van der Waals surface area (Å²) in [6.07, 6.45) is 2.25. The summed E-state index contributed by atoms with van der Waals surface area (Å²) in [5, 5.41) is 0. The molecule has 0 aliphatic carbocycles. The monoisotopic (exact) mass is 291 g/mol. The Labute approximate surface area is 118 Å². The van der Waals surface area contributed by atoms with Crippen molar-refractivity contribution in [3.05, 3.63) is 47.8 Å². The average molecular weight is 291 g/mol. The highest BCUT2D eigenvalue weighted by molar-refractivity contribution is 7.92. The molecule has 0 fully saturated rings. The molecule has 3 N–H and O–H groups in total. The Morgan fingerprint density at radius 3 is 2.55 bits per heavy atom. The lowest BCUT2D eigenvalue weighted by molar-refractivity contribution is 0.601. The Morgan fingerprint density at radius 2 is 2.00 bits per heavy atom. The van der Waals surface area contributed by atoms with E-state index in [9.17, 15) is 8.42 Å². The van der Waals surface area contributed by atoms with E-state index >= 15 is 0 Å². The smallest absolute Gasteiger partial charge is 0.262 e. The van der Waals surface area contributed by atoms with Crippen LogP contribution in [0.25, 0.3) is 0 Å². The number of hydrogen-bond donors (Lipinski definition) is 2. The first-order valence-electron chi connectivity index (χ1n) is 6.26. The van der Waals surface area contributed by atoms with Crippen LogP contribution in [0.3, 0.4) is 0 Å². The fraction of sp³-hybridized carbons (Fsp3) is 0.214. The van der Waals surface area contributed by atoms with Gasteiger partial charge in [0.15, 0.2) is 0 Å². The van der Waals surface area contributed by atoms with Gasteiger partial charge in [-0.2, -0.15) is 0 Å². The van der Waals surface area contributed by atoms with E-state index in [4.69, 9.17) is 5.73 Å². The molecule has 1 aromatic carbocycles. The second-order valence-corrected chi connectivity index (χ2v) is 6.19. The van der Waals surface area contributed by atoms with Gasteiger partial charge in [-0.15, -0.1) is 0 Å². The van der Waals surface area contributed by atoms with Gasteiger partial charge in [0, 0.05) is 11.4 Å². The maximum atomic E-state index is 12.2. The van der Waals surface area contributed by atoms with Gasteiger partial charge in [0.2, 0.25) is 0 Å². The van der Waals surface area contributed by atoms with Gasteiger partial charge >= 0.3 is 0 Å². The van der Waals surface area contributed by atoms with E-state index < -0.39 is 10.0 Å². The predicted molar refractivity (Wildman–Crippen MR) is 80.0 cm³/mol. The minimum atomic E-state index is -3.64. The Bertz CT molecular complexity index is 710. The highest BCUT2D eigenvalue weighted by Crippen LogP contribution is 2.21. The summed E-state index contributed by atoms with van der Waals surface area (Å²) in [5.74, 6) is 0. The minimum Gasteiger partial charge on any atom is -0.398 e. The molecule has 1 aromatic heterocycles. The first-order valence-corrected chi connectivity index (χ1v) is 7.74. The Morgan fingerprint density at radius 1 is 1.25 bits per heavy atom. The van der Waals surface area contributed by atoms with E-state index in [1.165, 1.54) is 12.3 Å². The van der Waals surface area contributed by atoms with Crippen LogP contribution >= 0.6 is 0 Å². The summed E-state index contributed by atoms with van der Waals surface area (Å²) < 4.78 is 27.0. The van der Waals surface area contributed by atoms with Crippen molar-refractivity contribution in [3.8, 4) is 0 Å². The molecule has 0 atom stereocenters. The number of anilines is 2. The fourth-order valence-electron chi connectivity index (χ4n) is 1.80. The van der Waals surface area contributed by atoms with Gasteiger partial charge in [-0.3, -0.25) is 9.71 Å². The number of rotatable bonds is 4. The van der Waals surface area contributed by atoms with Crippen LogP contribution in [0.5, 0.6) is 0 Å². The second kappa shape index (κ2) is 5.50. The number of nitrogens with one attached hydrogen (secondary N) is 1. The van der Waals surface area contributed by atoms with Gasteiger partial charge in [0.05, 0.1) is 16.8 Å². The largest absolute Gasteiger partial charge is 0.398 e. The molecule has 0 aliphatic heterocycles. The van der Waals surface area contributed by atoms with E-state index in [0.717, 1.165) is 17.7 Å². The minimum absolute atomic E-state index is 0.146. The number of benzene rings is 1. The number of nitrogen functional groups attached to an aromatic ring is 1. The standard InChI is InChI=1S/C14H17N3O2S/c1-3-11-5-7-13(8-14(11)15)20(18,19)17-12-6-4-10(2)16-9-12/h4-9,17H,3,15H2,1-2H3. The first-order chi connectivity index (χ1) is 9.42. The maximum absolute atomic E-state index is 12.2. The number of aryl methyl sites for hydroxylation is 2. The van der Waals surface area contributed by atoms with Crippen molar-refractivity contribution in [1.29, 1.82) is 0 Å². The maximum Gasteiger partial charge on any atom is 0.262 e. The zero-order valence-electron chi connectivity index (χ0n) is 11.4. The molecule has 5 nitrogen and oxygen atoms in total. The van der Waals surface area contributed by atoms with Crippen LogP contribution in [-0.2, 0) is 16.4 Å². The lowest BCUT2D eigenvalue weighted by Gasteiger charge is -2.10. The lowest BCUT2D eigenvalue weighted by Crippen LogP contribution is -2.13. The van der Waals surface area contributed by atoms with Gasteiger partial charge in [-0.1, -0.05) is 13.0 Å². The third kappa shape index (κ3) is 3.08. The van der Waals surface area contributed by atoms with Crippen LogP contribution in [0.4, 0.5) is 11.4 Å². The van der Waals surface area contributed by atoms with Crippen LogP contribution in [0.15, 0.2) is 41.4 Å². The topological polar surface area (TPSA) is 85.1 Å². The Kier molecular flexibility index (Phi) is 3.94. The highest BCUT2D eigenvalue weighted by atomic mass is 32.2. The van der Waals surface area contributed by atoms with Gasteiger partial charge in [-0.25, -0.2) is 8.42 Å². The van der Waals surface area contributed by atoms with Crippen molar-refractivity contribution in [1.82, 2.24) is 4.98 Å². The van der Waals surface area contributed by atoms with Crippen LogP contribution in [0.1, 0.15) is 18.2 Å². The molecular weight excluding hydrogens is 274 g/mol. The Hall–Kier alpha value is -2.08. The molecule has 2 rings (SSSR count). The molecule has 0 saturated heterocycles. The van der Waals surface area contributed by atoms with Crippen molar-refractivity contribution < 1.29 is 8.42 Å². The number of aromatic nitrogens is 1. The lowest BCUT2D eigenvalue weighted by atomic mass is 10.1. The van der Waals surface area contributed by atoms with Crippen LogP contribution in [0.2, 0.25) is 0 Å². The highest BCUT2D eigenvalue weighted by Gasteiger charge is 2.15. The number of sulfonamides is 1. The zero-order chi connectivity index (χ0) is 14.8. The van der Waals surface area contributed by atoms with Crippen LogP contribution in [0, 0.1) is 6.92 Å². The Balaban J connectivity index is 2.30. The molecule has 6 heteroatoms. The van der Waals surface area contributed by atoms with Crippen molar-refractivity contribution in [2.45, 2.75) is 25.2 Å². The zero-order valence-corrected chi connectivity index (χ0v) is 12.2. The number of nitrogens with two attached hydrogens (primary N) is 1. The molecule has 0 radical (unpaired) electrons. The SMILES string of the molecule is CCc1ccc(S(=O)(=O)Nc2ccc(C)nc2)cc1N.